The van der Waals surface area contributed by atoms with Crippen molar-refractivity contribution < 1.29 is 22.7 Å². The summed E-state index contributed by atoms with van der Waals surface area (Å²) in [6.45, 7) is 6.25. The summed E-state index contributed by atoms with van der Waals surface area (Å²) in [4.78, 5) is 25.7. The largest absolute Gasteiger partial charge is 0.460 e. The van der Waals surface area contributed by atoms with E-state index in [1.54, 1.807) is 17.0 Å². The molecule has 0 N–H and O–H groups in total. The molecule has 0 aromatic heterocycles. The molecule has 0 aliphatic carbocycles. The lowest BCUT2D eigenvalue weighted by Crippen LogP contribution is -2.42. The van der Waals surface area contributed by atoms with E-state index in [-0.39, 0.29) is 23.0 Å². The number of esters is 1. The number of hydrogen-bond donors (Lipinski definition) is 0. The van der Waals surface area contributed by atoms with Gasteiger partial charge in [0.2, 0.25) is 15.9 Å². The zero-order valence-corrected chi connectivity index (χ0v) is 17.3. The van der Waals surface area contributed by atoms with E-state index in [1.165, 1.54) is 16.4 Å². The molecule has 2 heterocycles. The van der Waals surface area contributed by atoms with E-state index in [0.717, 1.165) is 12.8 Å². The minimum atomic E-state index is -3.65. The van der Waals surface area contributed by atoms with E-state index in [9.17, 15) is 18.0 Å². The second-order valence-corrected chi connectivity index (χ2v) is 9.85. The first kappa shape index (κ1) is 20.8. The van der Waals surface area contributed by atoms with Crippen LogP contribution in [0.3, 0.4) is 0 Å². The number of piperidine rings is 1. The Hall–Kier alpha value is -1.93. The molecule has 2 atom stereocenters. The smallest absolute Gasteiger partial charge is 0.338 e. The third-order valence-corrected chi connectivity index (χ3v) is 7.14. The Balaban J connectivity index is 1.65. The summed E-state index contributed by atoms with van der Waals surface area (Å²) in [6.07, 6.45) is 2.39. The Morgan fingerprint density at radius 2 is 1.93 bits per heavy atom. The number of ether oxygens (including phenoxy) is 1. The standard InChI is InChI=1S/C20H28N2O5S/c1-15-11-16(2)14-22(13-15)28(25,26)18-6-3-5-17(12-18)20(24)27-10-9-21-8-4-7-19(21)23/h3,5-6,12,15-16H,4,7-11,13-14H2,1-2H3/t15-,16-/m0/s1. The van der Waals surface area contributed by atoms with Crippen LogP contribution >= 0.6 is 0 Å². The lowest BCUT2D eigenvalue weighted by Gasteiger charge is -2.34. The summed E-state index contributed by atoms with van der Waals surface area (Å²) in [7, 11) is -3.65. The van der Waals surface area contributed by atoms with Crippen LogP contribution in [-0.2, 0) is 19.6 Å². The van der Waals surface area contributed by atoms with E-state index < -0.39 is 16.0 Å². The Labute approximate surface area is 166 Å². The molecule has 0 bridgehead atoms. The molecule has 0 saturated carbocycles. The Kier molecular flexibility index (Phi) is 6.40. The van der Waals surface area contributed by atoms with Crippen molar-refractivity contribution >= 4 is 21.9 Å². The average Bonchev–Trinajstić information content (AvgIpc) is 3.06. The summed E-state index contributed by atoms with van der Waals surface area (Å²) in [5, 5.41) is 0. The molecule has 28 heavy (non-hydrogen) atoms. The van der Waals surface area contributed by atoms with Crippen LogP contribution in [0.4, 0.5) is 0 Å². The fourth-order valence-corrected chi connectivity index (χ4v) is 5.73. The van der Waals surface area contributed by atoms with Gasteiger partial charge in [0.1, 0.15) is 6.61 Å². The molecule has 154 valence electrons. The molecule has 2 aliphatic rings. The van der Waals surface area contributed by atoms with Gasteiger partial charge in [0, 0.05) is 26.1 Å². The van der Waals surface area contributed by atoms with Crippen molar-refractivity contribution in [3.8, 4) is 0 Å². The van der Waals surface area contributed by atoms with Crippen LogP contribution in [0.5, 0.6) is 0 Å². The van der Waals surface area contributed by atoms with Crippen LogP contribution in [0.15, 0.2) is 29.2 Å². The van der Waals surface area contributed by atoms with E-state index in [2.05, 4.69) is 13.8 Å². The summed E-state index contributed by atoms with van der Waals surface area (Å²) in [6, 6.07) is 6.00. The van der Waals surface area contributed by atoms with Gasteiger partial charge in [-0.1, -0.05) is 19.9 Å². The molecule has 1 aromatic carbocycles. The maximum atomic E-state index is 13.0. The van der Waals surface area contributed by atoms with E-state index in [1.807, 2.05) is 0 Å². The first-order chi connectivity index (χ1) is 13.3. The van der Waals surface area contributed by atoms with Gasteiger partial charge in [-0.15, -0.1) is 0 Å². The van der Waals surface area contributed by atoms with Gasteiger partial charge < -0.3 is 9.64 Å². The number of hydrogen-bond acceptors (Lipinski definition) is 5. The third-order valence-electron chi connectivity index (χ3n) is 5.31. The predicted molar refractivity (Wildman–Crippen MR) is 104 cm³/mol. The van der Waals surface area contributed by atoms with Crippen LogP contribution in [0, 0.1) is 11.8 Å². The molecule has 7 nitrogen and oxygen atoms in total. The van der Waals surface area contributed by atoms with Gasteiger partial charge in [0.15, 0.2) is 0 Å². The van der Waals surface area contributed by atoms with Gasteiger partial charge in [0.05, 0.1) is 17.0 Å². The van der Waals surface area contributed by atoms with Crippen LogP contribution < -0.4 is 0 Å². The number of rotatable bonds is 6. The number of amides is 1. The van der Waals surface area contributed by atoms with Crippen LogP contribution in [0.1, 0.15) is 43.5 Å². The summed E-state index contributed by atoms with van der Waals surface area (Å²) in [5.74, 6) is 0.109. The van der Waals surface area contributed by atoms with Gasteiger partial charge in [-0.3, -0.25) is 4.79 Å². The Morgan fingerprint density at radius 3 is 2.57 bits per heavy atom. The molecular formula is C20H28N2O5S. The number of benzene rings is 1. The molecule has 0 radical (unpaired) electrons. The zero-order valence-electron chi connectivity index (χ0n) is 16.5. The molecule has 0 spiro atoms. The van der Waals surface area contributed by atoms with Crippen molar-refractivity contribution in [2.45, 2.75) is 38.0 Å². The number of sulfonamides is 1. The van der Waals surface area contributed by atoms with Crippen LogP contribution in [-0.4, -0.2) is 62.3 Å². The number of nitrogens with zero attached hydrogens (tertiary/aromatic N) is 2. The summed E-state index contributed by atoms with van der Waals surface area (Å²) >= 11 is 0. The molecule has 3 rings (SSSR count). The molecule has 8 heteroatoms. The highest BCUT2D eigenvalue weighted by molar-refractivity contribution is 7.89. The Bertz CT molecular complexity index is 829. The number of carbonyl (C=O) groups excluding carboxylic acids is 2. The van der Waals surface area contributed by atoms with E-state index in [4.69, 9.17) is 4.74 Å². The van der Waals surface area contributed by atoms with Crippen LogP contribution in [0.25, 0.3) is 0 Å². The monoisotopic (exact) mass is 408 g/mol. The molecular weight excluding hydrogens is 380 g/mol. The topological polar surface area (TPSA) is 84.0 Å². The van der Waals surface area contributed by atoms with E-state index >= 15 is 0 Å². The number of carbonyl (C=O) groups is 2. The van der Waals surface area contributed by atoms with Gasteiger partial charge in [-0.25, -0.2) is 13.2 Å². The molecule has 1 amide bonds. The fraction of sp³-hybridized carbons (Fsp3) is 0.600. The highest BCUT2D eigenvalue weighted by atomic mass is 32.2. The zero-order chi connectivity index (χ0) is 20.3. The molecule has 1 aromatic rings. The molecule has 0 unspecified atom stereocenters. The van der Waals surface area contributed by atoms with Crippen molar-refractivity contribution in [1.82, 2.24) is 9.21 Å². The first-order valence-electron chi connectivity index (χ1n) is 9.82. The van der Waals surface area contributed by atoms with Crippen molar-refractivity contribution in [3.63, 3.8) is 0 Å². The highest BCUT2D eigenvalue weighted by Crippen LogP contribution is 2.27. The van der Waals surface area contributed by atoms with Crippen molar-refractivity contribution in [3.05, 3.63) is 29.8 Å². The fourth-order valence-electron chi connectivity index (χ4n) is 4.01. The van der Waals surface area contributed by atoms with Gasteiger partial charge in [0.25, 0.3) is 0 Å². The first-order valence-corrected chi connectivity index (χ1v) is 11.3. The maximum absolute atomic E-state index is 13.0. The molecule has 2 saturated heterocycles. The van der Waals surface area contributed by atoms with E-state index in [0.29, 0.717) is 44.4 Å². The SMILES string of the molecule is C[C@H]1C[C@H](C)CN(S(=O)(=O)c2cccc(C(=O)OCCN3CCCC3=O)c2)C1. The van der Waals surface area contributed by atoms with Crippen molar-refractivity contribution in [1.29, 1.82) is 0 Å². The minimum Gasteiger partial charge on any atom is -0.460 e. The maximum Gasteiger partial charge on any atom is 0.338 e. The Morgan fingerprint density at radius 1 is 1.21 bits per heavy atom. The normalized spacial score (nSPS) is 23.8. The average molecular weight is 409 g/mol. The molecule has 2 aliphatic heterocycles. The van der Waals surface area contributed by atoms with Crippen molar-refractivity contribution in [2.24, 2.45) is 11.8 Å². The second-order valence-electron chi connectivity index (χ2n) is 7.92. The lowest BCUT2D eigenvalue weighted by molar-refractivity contribution is -0.128. The lowest BCUT2D eigenvalue weighted by atomic mass is 9.94. The molecule has 2 fully saturated rings. The van der Waals surface area contributed by atoms with Gasteiger partial charge >= 0.3 is 5.97 Å². The van der Waals surface area contributed by atoms with Gasteiger partial charge in [-0.05, 0) is 42.9 Å². The summed E-state index contributed by atoms with van der Waals surface area (Å²) in [5.41, 5.74) is 0.201. The van der Waals surface area contributed by atoms with Gasteiger partial charge in [-0.2, -0.15) is 4.31 Å². The number of likely N-dealkylation sites (tertiary alicyclic amines) is 1. The summed E-state index contributed by atoms with van der Waals surface area (Å²) < 4.78 is 32.8. The quantitative estimate of drug-likeness (QED) is 0.674. The highest BCUT2D eigenvalue weighted by Gasteiger charge is 2.32. The van der Waals surface area contributed by atoms with Crippen LogP contribution in [0.2, 0.25) is 0 Å². The minimum absolute atomic E-state index is 0.0779. The predicted octanol–water partition coefficient (Wildman–Crippen LogP) is 2.13. The second kappa shape index (κ2) is 8.61. The third kappa shape index (κ3) is 4.72. The van der Waals surface area contributed by atoms with Crippen molar-refractivity contribution in [2.75, 3.05) is 32.8 Å².